The Bertz CT molecular complexity index is 901. The number of carboxylic acid groups (broad SMARTS) is 1. The first-order valence-corrected chi connectivity index (χ1v) is 8.85. The van der Waals surface area contributed by atoms with E-state index in [0.717, 1.165) is 28.0 Å². The summed E-state index contributed by atoms with van der Waals surface area (Å²) in [5.74, 6) is 0.0163. The van der Waals surface area contributed by atoms with Crippen molar-refractivity contribution in [2.75, 3.05) is 7.11 Å². The van der Waals surface area contributed by atoms with Gasteiger partial charge >= 0.3 is 0 Å². The summed E-state index contributed by atoms with van der Waals surface area (Å²) in [6.45, 7) is 1.36. The maximum atomic E-state index is 12.4. The normalized spacial score (nSPS) is 17.0. The molecule has 0 unspecified atom stereocenters. The molecule has 0 radical (unpaired) electrons. The highest BCUT2D eigenvalue weighted by molar-refractivity contribution is 8.26. The van der Waals surface area contributed by atoms with Crippen LogP contribution in [0, 0.1) is 0 Å². The summed E-state index contributed by atoms with van der Waals surface area (Å²) in [6.07, 6.45) is 1.55. The van der Waals surface area contributed by atoms with Gasteiger partial charge in [0.15, 0.2) is 0 Å². The number of benzene rings is 1. The zero-order chi connectivity index (χ0) is 18.8. The van der Waals surface area contributed by atoms with Crippen molar-refractivity contribution in [2.24, 2.45) is 0 Å². The molecule has 2 aromatic rings. The van der Waals surface area contributed by atoms with E-state index in [2.05, 4.69) is 0 Å². The van der Waals surface area contributed by atoms with E-state index in [9.17, 15) is 14.7 Å². The number of ether oxygens (including phenoxy) is 1. The molecule has 1 saturated heterocycles. The fourth-order valence-corrected chi connectivity index (χ4v) is 3.79. The van der Waals surface area contributed by atoms with Crippen LogP contribution in [0.25, 0.3) is 17.4 Å². The van der Waals surface area contributed by atoms with Crippen LogP contribution < -0.4 is 9.84 Å². The van der Waals surface area contributed by atoms with Gasteiger partial charge in [-0.25, -0.2) is 0 Å². The third kappa shape index (κ3) is 3.51. The van der Waals surface area contributed by atoms with Crippen molar-refractivity contribution in [1.29, 1.82) is 0 Å². The van der Waals surface area contributed by atoms with Crippen LogP contribution in [0.2, 0.25) is 0 Å². The van der Waals surface area contributed by atoms with Gasteiger partial charge in [0.05, 0.1) is 24.0 Å². The summed E-state index contributed by atoms with van der Waals surface area (Å²) in [5.41, 5.74) is 0.864. The summed E-state index contributed by atoms with van der Waals surface area (Å²) >= 11 is 6.14. The van der Waals surface area contributed by atoms with Crippen molar-refractivity contribution in [3.63, 3.8) is 0 Å². The first kappa shape index (κ1) is 18.2. The van der Waals surface area contributed by atoms with Gasteiger partial charge in [-0.3, -0.25) is 9.69 Å². The topological polar surface area (TPSA) is 82.8 Å². The van der Waals surface area contributed by atoms with Crippen molar-refractivity contribution in [2.45, 2.75) is 13.0 Å². The molecule has 134 valence electrons. The smallest absolute Gasteiger partial charge is 0.266 e. The Morgan fingerprint density at radius 1 is 1.31 bits per heavy atom. The lowest BCUT2D eigenvalue weighted by atomic mass is 10.2. The summed E-state index contributed by atoms with van der Waals surface area (Å²) in [6, 6.07) is 9.77. The zero-order valence-corrected chi connectivity index (χ0v) is 15.6. The molecule has 2 heterocycles. The summed E-state index contributed by atoms with van der Waals surface area (Å²) < 4.78 is 11.1. The van der Waals surface area contributed by atoms with E-state index in [-0.39, 0.29) is 4.32 Å². The minimum absolute atomic E-state index is 0.180. The summed E-state index contributed by atoms with van der Waals surface area (Å²) in [5, 5.41) is 11.0. The molecule has 1 aromatic heterocycles. The molecule has 26 heavy (non-hydrogen) atoms. The third-order valence-corrected chi connectivity index (χ3v) is 5.16. The number of hydrogen-bond acceptors (Lipinski definition) is 7. The van der Waals surface area contributed by atoms with Crippen LogP contribution in [0.15, 0.2) is 45.7 Å². The second kappa shape index (κ2) is 7.35. The van der Waals surface area contributed by atoms with Crippen molar-refractivity contribution in [3.8, 4) is 17.1 Å². The zero-order valence-electron chi connectivity index (χ0n) is 13.9. The van der Waals surface area contributed by atoms with E-state index in [1.807, 2.05) is 24.3 Å². The number of amides is 1. The van der Waals surface area contributed by atoms with Gasteiger partial charge in [0, 0.05) is 11.6 Å². The van der Waals surface area contributed by atoms with Crippen molar-refractivity contribution in [3.05, 3.63) is 47.1 Å². The van der Waals surface area contributed by atoms with Crippen molar-refractivity contribution < 1.29 is 23.8 Å². The maximum absolute atomic E-state index is 12.4. The predicted molar refractivity (Wildman–Crippen MR) is 100 cm³/mol. The number of methoxy groups -OCH3 is 1. The Labute approximate surface area is 159 Å². The van der Waals surface area contributed by atoms with E-state index in [1.165, 1.54) is 6.92 Å². The van der Waals surface area contributed by atoms with E-state index in [4.69, 9.17) is 21.4 Å². The Kier molecular flexibility index (Phi) is 5.15. The number of hydrogen-bond donors (Lipinski definition) is 0. The van der Waals surface area contributed by atoms with E-state index in [1.54, 1.807) is 25.3 Å². The van der Waals surface area contributed by atoms with Crippen molar-refractivity contribution in [1.82, 2.24) is 4.90 Å². The second-order valence-corrected chi connectivity index (χ2v) is 7.15. The lowest BCUT2D eigenvalue weighted by Crippen LogP contribution is -2.48. The van der Waals surface area contributed by atoms with Crippen LogP contribution in [0.1, 0.15) is 12.7 Å². The SMILES string of the molecule is COc1ccc(-c2ccc(/C=C3\SC(=S)N([C@H](C)C(=O)[O-])C3=O)o2)cc1. The van der Waals surface area contributed by atoms with Gasteiger partial charge in [0.1, 0.15) is 21.6 Å². The number of rotatable bonds is 5. The molecule has 0 bridgehead atoms. The molecular formula is C18H14NO5S2-. The second-order valence-electron chi connectivity index (χ2n) is 5.48. The minimum atomic E-state index is -1.36. The quantitative estimate of drug-likeness (QED) is 0.574. The fourth-order valence-electron chi connectivity index (χ4n) is 2.39. The van der Waals surface area contributed by atoms with Gasteiger partial charge in [0.2, 0.25) is 0 Å². The lowest BCUT2D eigenvalue weighted by molar-refractivity contribution is -0.309. The highest BCUT2D eigenvalue weighted by atomic mass is 32.2. The fraction of sp³-hybridized carbons (Fsp3) is 0.167. The van der Waals surface area contributed by atoms with Crippen LogP contribution in [0.4, 0.5) is 0 Å². The third-order valence-electron chi connectivity index (χ3n) is 3.83. The predicted octanol–water partition coefficient (Wildman–Crippen LogP) is 2.29. The molecule has 8 heteroatoms. The van der Waals surface area contributed by atoms with E-state index in [0.29, 0.717) is 16.4 Å². The van der Waals surface area contributed by atoms with Crippen LogP contribution >= 0.6 is 24.0 Å². The summed E-state index contributed by atoms with van der Waals surface area (Å²) in [7, 11) is 1.59. The molecule has 1 aliphatic rings. The van der Waals surface area contributed by atoms with Crippen LogP contribution in [-0.4, -0.2) is 34.2 Å². The number of carbonyl (C=O) groups excluding carboxylic acids is 2. The molecule has 3 rings (SSSR count). The number of carboxylic acids is 1. The molecule has 0 spiro atoms. The number of aliphatic carboxylic acids is 1. The standard InChI is InChI=1S/C18H15NO5S2/c1-10(17(21)22)19-16(20)15(26-18(19)25)9-13-7-8-14(24-13)11-3-5-12(23-2)6-4-11/h3-10H,1-2H3,(H,21,22)/p-1/b15-9-/t10-/m1/s1. The van der Waals surface area contributed by atoms with Gasteiger partial charge in [-0.05, 0) is 43.3 Å². The van der Waals surface area contributed by atoms with Gasteiger partial charge < -0.3 is 19.1 Å². The molecule has 1 atom stereocenters. The molecule has 0 saturated carbocycles. The number of carbonyl (C=O) groups is 2. The van der Waals surface area contributed by atoms with Gasteiger partial charge in [-0.15, -0.1) is 0 Å². The van der Waals surface area contributed by atoms with Gasteiger partial charge in [-0.1, -0.05) is 24.0 Å². The molecular weight excluding hydrogens is 374 g/mol. The molecule has 0 N–H and O–H groups in total. The average molecular weight is 388 g/mol. The highest BCUT2D eigenvalue weighted by Crippen LogP contribution is 2.34. The minimum Gasteiger partial charge on any atom is -0.548 e. The van der Waals surface area contributed by atoms with E-state index < -0.39 is 17.9 Å². The largest absolute Gasteiger partial charge is 0.548 e. The molecule has 1 fully saturated rings. The molecule has 1 amide bonds. The lowest BCUT2D eigenvalue weighted by Gasteiger charge is -2.23. The number of nitrogens with zero attached hydrogens (tertiary/aromatic N) is 1. The Morgan fingerprint density at radius 3 is 2.62 bits per heavy atom. The van der Waals surface area contributed by atoms with Gasteiger partial charge in [0.25, 0.3) is 5.91 Å². The first-order valence-electron chi connectivity index (χ1n) is 7.63. The Hall–Kier alpha value is -2.58. The first-order chi connectivity index (χ1) is 12.4. The van der Waals surface area contributed by atoms with Crippen LogP contribution in [0.3, 0.4) is 0 Å². The monoisotopic (exact) mass is 388 g/mol. The maximum Gasteiger partial charge on any atom is 0.266 e. The van der Waals surface area contributed by atoms with E-state index >= 15 is 0 Å². The Morgan fingerprint density at radius 2 is 2.00 bits per heavy atom. The molecule has 0 aliphatic carbocycles. The number of furan rings is 1. The number of thiocarbonyl (C=S) groups is 1. The highest BCUT2D eigenvalue weighted by Gasteiger charge is 2.36. The van der Waals surface area contributed by atoms with Crippen molar-refractivity contribution >= 4 is 46.3 Å². The molecule has 6 nitrogen and oxygen atoms in total. The molecule has 1 aromatic carbocycles. The Balaban J connectivity index is 1.82. The van der Waals surface area contributed by atoms with Crippen LogP contribution in [0.5, 0.6) is 5.75 Å². The summed E-state index contributed by atoms with van der Waals surface area (Å²) in [4.78, 5) is 24.8. The number of thioether (sulfide) groups is 1. The van der Waals surface area contributed by atoms with Gasteiger partial charge in [-0.2, -0.15) is 0 Å². The van der Waals surface area contributed by atoms with Crippen LogP contribution in [-0.2, 0) is 9.59 Å². The molecule has 1 aliphatic heterocycles. The average Bonchev–Trinajstić information content (AvgIpc) is 3.19.